The van der Waals surface area contributed by atoms with Gasteiger partial charge in [-0.05, 0) is 0 Å². The molecule has 1 rings (SSSR count). The predicted octanol–water partition coefficient (Wildman–Crippen LogP) is 0.250. The summed E-state index contributed by atoms with van der Waals surface area (Å²) in [5.74, 6) is 0.785. The Balaban J connectivity index is 2.83. The summed E-state index contributed by atoms with van der Waals surface area (Å²) in [4.78, 5) is 0. The maximum absolute atomic E-state index is 4.86. The van der Waals surface area contributed by atoms with Crippen molar-refractivity contribution in [3.05, 3.63) is 5.82 Å². The molecule has 0 amide bonds. The fourth-order valence-corrected chi connectivity index (χ4v) is 0.767. The molecule has 0 bridgehead atoms. The number of hydrogen-bond donors (Lipinski definition) is 1. The van der Waals surface area contributed by atoms with Crippen LogP contribution in [0, 0.1) is 0 Å². The summed E-state index contributed by atoms with van der Waals surface area (Å²) in [7, 11) is 3.46. The second-order valence-electron chi connectivity index (χ2n) is 1.91. The summed E-state index contributed by atoms with van der Waals surface area (Å²) in [6, 6.07) is 0. The minimum absolute atomic E-state index is 0.476. The van der Waals surface area contributed by atoms with Gasteiger partial charge in [0.1, 0.15) is 6.61 Å². The van der Waals surface area contributed by atoms with Crippen LogP contribution >= 0.6 is 12.6 Å². The average Bonchev–Trinajstić information content (AvgIpc) is 2.20. The van der Waals surface area contributed by atoms with Crippen LogP contribution in [-0.2, 0) is 18.4 Å². The van der Waals surface area contributed by atoms with E-state index < -0.39 is 0 Å². The molecule has 5 heteroatoms. The molecule has 0 aromatic carbocycles. The second-order valence-corrected chi connectivity index (χ2v) is 2.31. The molecule has 0 saturated heterocycles. The SMILES string of the molecule is COCc1nnc(S)n1C. The first-order chi connectivity index (χ1) is 4.75. The van der Waals surface area contributed by atoms with Gasteiger partial charge in [-0.2, -0.15) is 0 Å². The van der Waals surface area contributed by atoms with Crippen molar-refractivity contribution in [1.82, 2.24) is 14.8 Å². The molecule has 0 spiro atoms. The summed E-state index contributed by atoms with van der Waals surface area (Å²) in [5.41, 5.74) is 0. The van der Waals surface area contributed by atoms with Crippen LogP contribution in [0.25, 0.3) is 0 Å². The highest BCUT2D eigenvalue weighted by Crippen LogP contribution is 2.02. The van der Waals surface area contributed by atoms with Gasteiger partial charge in [0.2, 0.25) is 0 Å². The van der Waals surface area contributed by atoms with E-state index in [0.29, 0.717) is 11.8 Å². The van der Waals surface area contributed by atoms with E-state index >= 15 is 0 Å². The van der Waals surface area contributed by atoms with Gasteiger partial charge in [-0.25, -0.2) is 0 Å². The van der Waals surface area contributed by atoms with Gasteiger partial charge < -0.3 is 9.30 Å². The zero-order valence-corrected chi connectivity index (χ0v) is 6.80. The Hall–Kier alpha value is -0.550. The molecule has 0 aliphatic rings. The van der Waals surface area contributed by atoms with Crippen molar-refractivity contribution >= 4 is 12.6 Å². The molecule has 0 aliphatic carbocycles. The maximum Gasteiger partial charge on any atom is 0.187 e. The van der Waals surface area contributed by atoms with Crippen LogP contribution in [0.2, 0.25) is 0 Å². The van der Waals surface area contributed by atoms with Crippen LogP contribution in [0.1, 0.15) is 5.82 Å². The Kier molecular flexibility index (Phi) is 2.29. The van der Waals surface area contributed by atoms with Crippen molar-refractivity contribution in [1.29, 1.82) is 0 Å². The Bertz CT molecular complexity index is 223. The van der Waals surface area contributed by atoms with Crippen LogP contribution in [0.3, 0.4) is 0 Å². The lowest BCUT2D eigenvalue weighted by atomic mass is 10.6. The molecule has 0 fully saturated rings. The maximum atomic E-state index is 4.86. The van der Waals surface area contributed by atoms with E-state index in [4.69, 9.17) is 4.74 Å². The third-order valence-electron chi connectivity index (χ3n) is 1.22. The molecule has 0 saturated carbocycles. The molecule has 1 aromatic rings. The van der Waals surface area contributed by atoms with Crippen molar-refractivity contribution in [2.75, 3.05) is 7.11 Å². The highest BCUT2D eigenvalue weighted by atomic mass is 32.1. The Morgan fingerprint density at radius 1 is 1.60 bits per heavy atom. The normalized spacial score (nSPS) is 10.3. The average molecular weight is 159 g/mol. The van der Waals surface area contributed by atoms with Gasteiger partial charge in [0.25, 0.3) is 0 Å². The quantitative estimate of drug-likeness (QED) is 0.629. The Morgan fingerprint density at radius 2 is 2.30 bits per heavy atom. The molecular formula is C5H9N3OS. The second kappa shape index (κ2) is 3.03. The third kappa shape index (κ3) is 1.30. The first-order valence-corrected chi connectivity index (χ1v) is 3.26. The molecule has 0 radical (unpaired) electrons. The van der Waals surface area contributed by atoms with Gasteiger partial charge in [0.15, 0.2) is 11.0 Å². The van der Waals surface area contributed by atoms with Gasteiger partial charge in [-0.1, -0.05) is 0 Å². The zero-order chi connectivity index (χ0) is 7.56. The minimum Gasteiger partial charge on any atom is -0.377 e. The number of aromatic nitrogens is 3. The summed E-state index contributed by atoms with van der Waals surface area (Å²) >= 11 is 4.05. The number of hydrogen-bond acceptors (Lipinski definition) is 4. The van der Waals surface area contributed by atoms with Gasteiger partial charge in [-0.3, -0.25) is 0 Å². The zero-order valence-electron chi connectivity index (χ0n) is 5.90. The van der Waals surface area contributed by atoms with E-state index in [1.165, 1.54) is 0 Å². The first kappa shape index (κ1) is 7.56. The number of rotatable bonds is 2. The van der Waals surface area contributed by atoms with E-state index in [0.717, 1.165) is 5.82 Å². The van der Waals surface area contributed by atoms with Crippen molar-refractivity contribution in [3.63, 3.8) is 0 Å². The molecule has 0 aliphatic heterocycles. The Morgan fingerprint density at radius 3 is 2.70 bits per heavy atom. The molecule has 1 aromatic heterocycles. The van der Waals surface area contributed by atoms with Crippen LogP contribution in [-0.4, -0.2) is 21.9 Å². The van der Waals surface area contributed by atoms with Crippen molar-refractivity contribution in [3.8, 4) is 0 Å². The summed E-state index contributed by atoms with van der Waals surface area (Å²) in [6.45, 7) is 0.476. The smallest absolute Gasteiger partial charge is 0.187 e. The largest absolute Gasteiger partial charge is 0.377 e. The standard InChI is InChI=1S/C5H9N3OS/c1-8-4(3-9-2)6-7-5(8)10/h3H2,1-2H3,(H,7,10). The number of thiol groups is 1. The van der Waals surface area contributed by atoms with E-state index in [9.17, 15) is 0 Å². The van der Waals surface area contributed by atoms with E-state index in [2.05, 4.69) is 22.8 Å². The lowest BCUT2D eigenvalue weighted by Gasteiger charge is -1.97. The molecule has 4 nitrogen and oxygen atoms in total. The molecule has 0 N–H and O–H groups in total. The van der Waals surface area contributed by atoms with Crippen LogP contribution in [0.15, 0.2) is 5.16 Å². The minimum atomic E-state index is 0.476. The third-order valence-corrected chi connectivity index (χ3v) is 1.60. The van der Waals surface area contributed by atoms with Crippen molar-refractivity contribution in [2.24, 2.45) is 7.05 Å². The summed E-state index contributed by atoms with van der Waals surface area (Å²) in [6.07, 6.45) is 0. The summed E-state index contributed by atoms with van der Waals surface area (Å²) < 4.78 is 6.64. The first-order valence-electron chi connectivity index (χ1n) is 2.82. The van der Waals surface area contributed by atoms with E-state index in [-0.39, 0.29) is 0 Å². The molecule has 1 heterocycles. The predicted molar refractivity (Wildman–Crippen MR) is 39.0 cm³/mol. The van der Waals surface area contributed by atoms with Gasteiger partial charge in [0, 0.05) is 14.2 Å². The van der Waals surface area contributed by atoms with Gasteiger partial charge in [0.05, 0.1) is 0 Å². The molecular weight excluding hydrogens is 150 g/mol. The highest BCUT2D eigenvalue weighted by molar-refractivity contribution is 7.80. The molecule has 10 heavy (non-hydrogen) atoms. The fraction of sp³-hybridized carbons (Fsp3) is 0.600. The van der Waals surface area contributed by atoms with Gasteiger partial charge >= 0.3 is 0 Å². The van der Waals surface area contributed by atoms with Crippen LogP contribution in [0.5, 0.6) is 0 Å². The van der Waals surface area contributed by atoms with Crippen molar-refractivity contribution in [2.45, 2.75) is 11.8 Å². The number of ether oxygens (including phenoxy) is 1. The highest BCUT2D eigenvalue weighted by Gasteiger charge is 2.02. The van der Waals surface area contributed by atoms with Crippen LogP contribution in [0.4, 0.5) is 0 Å². The lowest BCUT2D eigenvalue weighted by Crippen LogP contribution is -1.99. The topological polar surface area (TPSA) is 39.9 Å². The molecule has 56 valence electrons. The lowest BCUT2D eigenvalue weighted by molar-refractivity contribution is 0.174. The summed E-state index contributed by atoms with van der Waals surface area (Å²) in [5, 5.41) is 8.15. The fourth-order valence-electron chi connectivity index (χ4n) is 0.607. The molecule has 0 atom stereocenters. The van der Waals surface area contributed by atoms with E-state index in [1.54, 1.807) is 11.7 Å². The number of methoxy groups -OCH3 is 1. The molecule has 0 unspecified atom stereocenters. The monoisotopic (exact) mass is 159 g/mol. The van der Waals surface area contributed by atoms with Crippen molar-refractivity contribution < 1.29 is 4.74 Å². The Labute approximate surface area is 64.6 Å². The van der Waals surface area contributed by atoms with E-state index in [1.807, 2.05) is 7.05 Å². The van der Waals surface area contributed by atoms with Gasteiger partial charge in [-0.15, -0.1) is 22.8 Å². The number of nitrogens with zero attached hydrogens (tertiary/aromatic N) is 3. The van der Waals surface area contributed by atoms with Crippen LogP contribution < -0.4 is 0 Å².